The fraction of sp³-hybridized carbons (Fsp3) is 0.562. The summed E-state index contributed by atoms with van der Waals surface area (Å²) in [5, 5.41) is 6.25. The molecule has 1 amide bonds. The number of anilines is 1. The van der Waals surface area contributed by atoms with Crippen molar-refractivity contribution in [3.63, 3.8) is 0 Å². The molecule has 0 radical (unpaired) electrons. The average Bonchev–Trinajstić information content (AvgIpc) is 2.87. The number of hydrogen-bond acceptors (Lipinski definition) is 2. The Balaban J connectivity index is 0.00000161. The van der Waals surface area contributed by atoms with E-state index in [0.29, 0.717) is 23.2 Å². The van der Waals surface area contributed by atoms with Crippen LogP contribution < -0.4 is 10.6 Å². The molecular weight excluding hydrogens is 291 g/mol. The van der Waals surface area contributed by atoms with Gasteiger partial charge in [-0.2, -0.15) is 0 Å². The van der Waals surface area contributed by atoms with Gasteiger partial charge >= 0.3 is 0 Å². The van der Waals surface area contributed by atoms with E-state index in [4.69, 9.17) is 0 Å². The maximum atomic E-state index is 13.5. The lowest BCUT2D eigenvalue weighted by Gasteiger charge is -2.24. The van der Waals surface area contributed by atoms with Crippen LogP contribution in [0.3, 0.4) is 0 Å². The first kappa shape index (κ1) is 16.2. The van der Waals surface area contributed by atoms with E-state index in [2.05, 4.69) is 10.6 Å². The molecule has 0 spiro atoms. The second kappa shape index (κ2) is 6.75. The molecule has 1 saturated carbocycles. The number of amides is 1. The lowest BCUT2D eigenvalue weighted by atomic mass is 9.85. The van der Waals surface area contributed by atoms with Crippen LogP contribution in [0.2, 0.25) is 0 Å². The molecule has 1 aliphatic heterocycles. The van der Waals surface area contributed by atoms with Gasteiger partial charge in [-0.3, -0.25) is 4.79 Å². The lowest BCUT2D eigenvalue weighted by molar-refractivity contribution is -0.117. The molecule has 1 saturated heterocycles. The molecule has 1 aliphatic carbocycles. The average molecular weight is 313 g/mol. The number of fused-ring (bicyclic) bond motifs is 1. The molecule has 1 aromatic rings. The van der Waals surface area contributed by atoms with Gasteiger partial charge in [0.05, 0.1) is 6.04 Å². The maximum absolute atomic E-state index is 13.5. The molecule has 21 heavy (non-hydrogen) atoms. The molecule has 3 unspecified atom stereocenters. The van der Waals surface area contributed by atoms with Gasteiger partial charge in [-0.25, -0.2) is 4.39 Å². The number of benzene rings is 1. The summed E-state index contributed by atoms with van der Waals surface area (Å²) in [5.74, 6) is 0.313. The minimum Gasteiger partial charge on any atom is -0.325 e. The van der Waals surface area contributed by atoms with Gasteiger partial charge < -0.3 is 10.6 Å². The molecule has 1 heterocycles. The number of hydrogen-bond donors (Lipinski definition) is 2. The summed E-state index contributed by atoms with van der Waals surface area (Å²) < 4.78 is 13.5. The second-order valence-corrected chi connectivity index (χ2v) is 6.06. The molecule has 2 aliphatic rings. The lowest BCUT2D eigenvalue weighted by Crippen LogP contribution is -2.39. The van der Waals surface area contributed by atoms with Crippen LogP contribution in [0.5, 0.6) is 0 Å². The van der Waals surface area contributed by atoms with Crippen molar-refractivity contribution < 1.29 is 9.18 Å². The van der Waals surface area contributed by atoms with E-state index in [1.807, 2.05) is 0 Å². The first-order valence-corrected chi connectivity index (χ1v) is 7.46. The number of nitrogens with one attached hydrogen (secondary N) is 2. The van der Waals surface area contributed by atoms with E-state index in [0.717, 1.165) is 6.42 Å². The molecule has 5 heteroatoms. The van der Waals surface area contributed by atoms with Gasteiger partial charge in [-0.05, 0) is 49.8 Å². The molecule has 3 atom stereocenters. The highest BCUT2D eigenvalue weighted by molar-refractivity contribution is 5.95. The number of aryl methyl sites for hydroxylation is 1. The quantitative estimate of drug-likeness (QED) is 0.878. The van der Waals surface area contributed by atoms with Gasteiger partial charge in [0.2, 0.25) is 5.91 Å². The fourth-order valence-corrected chi connectivity index (χ4v) is 3.42. The standard InChI is InChI=1S/C16H21FN2O.ClH/c1-10-6-7-12(9-13(10)17)18-16(20)15-8-11-4-2-3-5-14(11)19-15;/h6-7,9,11,14-15,19H,2-5,8H2,1H3,(H,18,20);1H. The van der Waals surface area contributed by atoms with Crippen molar-refractivity contribution >= 4 is 24.0 Å². The van der Waals surface area contributed by atoms with Crippen LogP contribution in [-0.2, 0) is 4.79 Å². The third-order valence-corrected chi connectivity index (χ3v) is 4.62. The van der Waals surface area contributed by atoms with Crippen molar-refractivity contribution in [1.29, 1.82) is 0 Å². The predicted octanol–water partition coefficient (Wildman–Crippen LogP) is 3.42. The Morgan fingerprint density at radius 2 is 2.10 bits per heavy atom. The predicted molar refractivity (Wildman–Crippen MR) is 84.3 cm³/mol. The van der Waals surface area contributed by atoms with Crippen LogP contribution in [0, 0.1) is 18.7 Å². The van der Waals surface area contributed by atoms with Crippen LogP contribution in [0.15, 0.2) is 18.2 Å². The fourth-order valence-electron chi connectivity index (χ4n) is 3.42. The third-order valence-electron chi connectivity index (χ3n) is 4.62. The van der Waals surface area contributed by atoms with Crippen LogP contribution in [0.4, 0.5) is 10.1 Å². The summed E-state index contributed by atoms with van der Waals surface area (Å²) >= 11 is 0. The summed E-state index contributed by atoms with van der Waals surface area (Å²) in [6.45, 7) is 1.71. The van der Waals surface area contributed by atoms with E-state index >= 15 is 0 Å². The highest BCUT2D eigenvalue weighted by Crippen LogP contribution is 2.33. The van der Waals surface area contributed by atoms with E-state index in [9.17, 15) is 9.18 Å². The Morgan fingerprint density at radius 1 is 1.33 bits per heavy atom. The maximum Gasteiger partial charge on any atom is 0.241 e. The Labute approximate surface area is 131 Å². The van der Waals surface area contributed by atoms with Gasteiger partial charge in [0.25, 0.3) is 0 Å². The molecule has 3 rings (SSSR count). The molecular formula is C16H22ClFN2O. The van der Waals surface area contributed by atoms with E-state index in [1.165, 1.54) is 31.7 Å². The Kier molecular flexibility index (Phi) is 5.22. The van der Waals surface area contributed by atoms with Crippen molar-refractivity contribution in [2.24, 2.45) is 5.92 Å². The highest BCUT2D eigenvalue weighted by atomic mass is 35.5. The summed E-state index contributed by atoms with van der Waals surface area (Å²) in [4.78, 5) is 12.3. The molecule has 0 aromatic heterocycles. The Hall–Kier alpha value is -1.13. The van der Waals surface area contributed by atoms with E-state index in [1.54, 1.807) is 19.1 Å². The monoisotopic (exact) mass is 312 g/mol. The number of carbonyl (C=O) groups is 1. The third kappa shape index (κ3) is 3.55. The van der Waals surface area contributed by atoms with Crippen molar-refractivity contribution in [2.45, 2.75) is 51.1 Å². The summed E-state index contributed by atoms with van der Waals surface area (Å²) in [7, 11) is 0. The second-order valence-electron chi connectivity index (χ2n) is 6.06. The molecule has 2 N–H and O–H groups in total. The normalized spacial score (nSPS) is 27.6. The zero-order valence-corrected chi connectivity index (χ0v) is 13.0. The van der Waals surface area contributed by atoms with Gasteiger partial charge in [-0.1, -0.05) is 18.9 Å². The van der Waals surface area contributed by atoms with Crippen LogP contribution in [0.25, 0.3) is 0 Å². The Morgan fingerprint density at radius 3 is 2.81 bits per heavy atom. The van der Waals surface area contributed by atoms with E-state index < -0.39 is 0 Å². The smallest absolute Gasteiger partial charge is 0.241 e. The molecule has 0 bridgehead atoms. The highest BCUT2D eigenvalue weighted by Gasteiger charge is 2.38. The minimum atomic E-state index is -0.282. The van der Waals surface area contributed by atoms with Crippen molar-refractivity contribution in [3.8, 4) is 0 Å². The first-order chi connectivity index (χ1) is 9.63. The molecule has 1 aromatic carbocycles. The zero-order valence-electron chi connectivity index (χ0n) is 12.2. The van der Waals surface area contributed by atoms with Crippen LogP contribution in [-0.4, -0.2) is 18.0 Å². The van der Waals surface area contributed by atoms with Crippen molar-refractivity contribution in [3.05, 3.63) is 29.6 Å². The molecule has 2 fully saturated rings. The van der Waals surface area contributed by atoms with Gasteiger partial charge in [0.1, 0.15) is 5.82 Å². The van der Waals surface area contributed by atoms with Gasteiger partial charge in [-0.15, -0.1) is 12.4 Å². The largest absolute Gasteiger partial charge is 0.325 e. The molecule has 116 valence electrons. The summed E-state index contributed by atoms with van der Waals surface area (Å²) in [5.41, 5.74) is 1.13. The summed E-state index contributed by atoms with van der Waals surface area (Å²) in [6.07, 6.45) is 5.84. The topological polar surface area (TPSA) is 41.1 Å². The number of halogens is 2. The molecule has 3 nitrogen and oxygen atoms in total. The zero-order chi connectivity index (χ0) is 14.1. The SMILES string of the molecule is Cc1ccc(NC(=O)C2CC3CCCCC3N2)cc1F.Cl. The number of carbonyl (C=O) groups excluding carboxylic acids is 1. The van der Waals surface area contributed by atoms with Crippen molar-refractivity contribution in [1.82, 2.24) is 5.32 Å². The van der Waals surface area contributed by atoms with Crippen LogP contribution >= 0.6 is 12.4 Å². The number of rotatable bonds is 2. The van der Waals surface area contributed by atoms with Gasteiger partial charge in [0, 0.05) is 11.7 Å². The minimum absolute atomic E-state index is 0. The Bertz CT molecular complexity index is 509. The van der Waals surface area contributed by atoms with Crippen molar-refractivity contribution in [2.75, 3.05) is 5.32 Å². The summed E-state index contributed by atoms with van der Waals surface area (Å²) in [6, 6.07) is 5.18. The van der Waals surface area contributed by atoms with E-state index in [-0.39, 0.29) is 30.2 Å². The van der Waals surface area contributed by atoms with Gasteiger partial charge in [0.15, 0.2) is 0 Å². The van der Waals surface area contributed by atoms with Crippen LogP contribution in [0.1, 0.15) is 37.7 Å². The first-order valence-electron chi connectivity index (χ1n) is 7.46.